The number of nitrogens with zero attached hydrogens (tertiary/aromatic N) is 2. The molecule has 2 aromatic carbocycles. The number of aryl methyl sites for hydroxylation is 1. The monoisotopic (exact) mass is 280 g/mol. The average Bonchev–Trinajstić information content (AvgIpc) is 2.85. The van der Waals surface area contributed by atoms with Crippen LogP contribution in [0.1, 0.15) is 36.4 Å². The Kier molecular flexibility index (Phi) is 3.76. The van der Waals surface area contributed by atoms with Gasteiger partial charge in [0.25, 0.3) is 0 Å². The van der Waals surface area contributed by atoms with Crippen LogP contribution < -0.4 is 0 Å². The van der Waals surface area contributed by atoms with Gasteiger partial charge in [-0.2, -0.15) is 0 Å². The van der Waals surface area contributed by atoms with E-state index in [2.05, 4.69) is 46.8 Å². The Morgan fingerprint density at radius 1 is 1.14 bits per heavy atom. The summed E-state index contributed by atoms with van der Waals surface area (Å²) in [6, 6.07) is 16.5. The van der Waals surface area contributed by atoms with Crippen LogP contribution in [0.4, 0.5) is 0 Å². The van der Waals surface area contributed by atoms with Gasteiger partial charge in [-0.05, 0) is 31.0 Å². The largest absolute Gasteiger partial charge is 0.385 e. The molecule has 3 nitrogen and oxygen atoms in total. The van der Waals surface area contributed by atoms with E-state index in [4.69, 9.17) is 0 Å². The fraction of sp³-hybridized carbons (Fsp3) is 0.278. The van der Waals surface area contributed by atoms with Gasteiger partial charge in [0.2, 0.25) is 0 Å². The average molecular weight is 280 g/mol. The van der Waals surface area contributed by atoms with Crippen molar-refractivity contribution < 1.29 is 5.11 Å². The molecule has 1 aromatic heterocycles. The molecule has 3 rings (SSSR count). The van der Waals surface area contributed by atoms with E-state index in [1.54, 1.807) is 0 Å². The Labute approximate surface area is 124 Å². The molecule has 0 radical (unpaired) electrons. The summed E-state index contributed by atoms with van der Waals surface area (Å²) in [7, 11) is 0. The van der Waals surface area contributed by atoms with E-state index in [9.17, 15) is 5.11 Å². The maximum absolute atomic E-state index is 10.3. The standard InChI is InChI=1S/C18H20N2O/c1-3-17(21)18-19-15-9-4-5-10-16(15)20(18)12-14-8-6-7-13(2)11-14/h4-11,17,21H,3,12H2,1-2H3/t17-/m1/s1. The van der Waals surface area contributed by atoms with Crippen molar-refractivity contribution >= 4 is 11.0 Å². The second-order valence-corrected chi connectivity index (χ2v) is 5.46. The molecule has 21 heavy (non-hydrogen) atoms. The van der Waals surface area contributed by atoms with Gasteiger partial charge in [-0.1, -0.05) is 48.9 Å². The summed E-state index contributed by atoms with van der Waals surface area (Å²) in [4.78, 5) is 4.61. The molecule has 3 heteroatoms. The van der Waals surface area contributed by atoms with Crippen molar-refractivity contribution in [2.24, 2.45) is 0 Å². The van der Waals surface area contributed by atoms with E-state index in [0.717, 1.165) is 23.4 Å². The van der Waals surface area contributed by atoms with E-state index in [0.29, 0.717) is 6.42 Å². The summed E-state index contributed by atoms with van der Waals surface area (Å²) in [5.74, 6) is 0.750. The molecule has 0 unspecified atom stereocenters. The maximum atomic E-state index is 10.3. The van der Waals surface area contributed by atoms with Crippen molar-refractivity contribution in [3.63, 3.8) is 0 Å². The number of hydrogen-bond donors (Lipinski definition) is 1. The van der Waals surface area contributed by atoms with Crippen molar-refractivity contribution in [1.82, 2.24) is 9.55 Å². The predicted molar refractivity (Wildman–Crippen MR) is 85.3 cm³/mol. The molecule has 0 aliphatic carbocycles. The zero-order valence-corrected chi connectivity index (χ0v) is 12.5. The molecule has 0 amide bonds. The van der Waals surface area contributed by atoms with Gasteiger partial charge in [-0.3, -0.25) is 0 Å². The van der Waals surface area contributed by atoms with Crippen LogP contribution in [0.2, 0.25) is 0 Å². The van der Waals surface area contributed by atoms with E-state index in [1.165, 1.54) is 11.1 Å². The minimum Gasteiger partial charge on any atom is -0.385 e. The van der Waals surface area contributed by atoms with Gasteiger partial charge in [0, 0.05) is 6.54 Å². The van der Waals surface area contributed by atoms with Crippen LogP contribution >= 0.6 is 0 Å². The number of aromatic nitrogens is 2. The molecule has 0 bridgehead atoms. The molecule has 1 N–H and O–H groups in total. The van der Waals surface area contributed by atoms with Crippen LogP contribution in [0, 0.1) is 6.92 Å². The topological polar surface area (TPSA) is 38.1 Å². The molecule has 0 saturated heterocycles. The summed E-state index contributed by atoms with van der Waals surface area (Å²) < 4.78 is 2.12. The molecule has 0 spiro atoms. The number of benzene rings is 2. The number of para-hydroxylation sites is 2. The molecular weight excluding hydrogens is 260 g/mol. The van der Waals surface area contributed by atoms with Crippen molar-refractivity contribution in [2.45, 2.75) is 32.9 Å². The Bertz CT molecular complexity index is 761. The number of fused-ring (bicyclic) bond motifs is 1. The van der Waals surface area contributed by atoms with Crippen LogP contribution in [-0.2, 0) is 6.54 Å². The first-order chi connectivity index (χ1) is 10.2. The van der Waals surface area contributed by atoms with Crippen molar-refractivity contribution in [3.05, 3.63) is 65.5 Å². The van der Waals surface area contributed by atoms with Gasteiger partial charge in [0.1, 0.15) is 11.9 Å². The predicted octanol–water partition coefficient (Wildman–Crippen LogP) is 3.84. The molecule has 3 aromatic rings. The lowest BCUT2D eigenvalue weighted by Crippen LogP contribution is -2.09. The van der Waals surface area contributed by atoms with E-state index in [-0.39, 0.29) is 0 Å². The first-order valence-electron chi connectivity index (χ1n) is 7.38. The highest BCUT2D eigenvalue weighted by Crippen LogP contribution is 2.24. The fourth-order valence-corrected chi connectivity index (χ4v) is 2.69. The molecular formula is C18H20N2O. The lowest BCUT2D eigenvalue weighted by atomic mass is 10.1. The van der Waals surface area contributed by atoms with E-state index >= 15 is 0 Å². The maximum Gasteiger partial charge on any atom is 0.139 e. The molecule has 108 valence electrons. The van der Waals surface area contributed by atoms with Crippen molar-refractivity contribution in [3.8, 4) is 0 Å². The fourth-order valence-electron chi connectivity index (χ4n) is 2.69. The van der Waals surface area contributed by atoms with Crippen LogP contribution in [0.5, 0.6) is 0 Å². The van der Waals surface area contributed by atoms with Crippen molar-refractivity contribution in [1.29, 1.82) is 0 Å². The first kappa shape index (κ1) is 13.8. The number of hydrogen-bond acceptors (Lipinski definition) is 2. The van der Waals surface area contributed by atoms with Crippen LogP contribution in [0.3, 0.4) is 0 Å². The van der Waals surface area contributed by atoms with Crippen LogP contribution in [0.25, 0.3) is 11.0 Å². The summed E-state index contributed by atoms with van der Waals surface area (Å²) in [6.07, 6.45) is 0.138. The third-order valence-electron chi connectivity index (χ3n) is 3.79. The number of rotatable bonds is 4. The molecule has 0 aliphatic rings. The summed E-state index contributed by atoms with van der Waals surface area (Å²) in [5, 5.41) is 10.3. The third kappa shape index (κ3) is 2.69. The quantitative estimate of drug-likeness (QED) is 0.788. The first-order valence-corrected chi connectivity index (χ1v) is 7.38. The number of aliphatic hydroxyl groups is 1. The van der Waals surface area contributed by atoms with Gasteiger partial charge < -0.3 is 9.67 Å². The zero-order valence-electron chi connectivity index (χ0n) is 12.5. The summed E-state index contributed by atoms with van der Waals surface area (Å²) in [6.45, 7) is 4.80. The lowest BCUT2D eigenvalue weighted by Gasteiger charge is -2.13. The number of aliphatic hydroxyl groups excluding tert-OH is 1. The minimum atomic E-state index is -0.526. The normalized spacial score (nSPS) is 12.7. The van der Waals surface area contributed by atoms with E-state index < -0.39 is 6.10 Å². The van der Waals surface area contributed by atoms with E-state index in [1.807, 2.05) is 25.1 Å². The smallest absolute Gasteiger partial charge is 0.139 e. The third-order valence-corrected chi connectivity index (χ3v) is 3.79. The van der Waals surface area contributed by atoms with Crippen molar-refractivity contribution in [2.75, 3.05) is 0 Å². The zero-order chi connectivity index (χ0) is 14.8. The Hall–Kier alpha value is -2.13. The molecule has 0 fully saturated rings. The van der Waals surface area contributed by atoms with Gasteiger partial charge in [0.15, 0.2) is 0 Å². The van der Waals surface area contributed by atoms with Gasteiger partial charge >= 0.3 is 0 Å². The van der Waals surface area contributed by atoms with Crippen LogP contribution in [-0.4, -0.2) is 14.7 Å². The molecule has 0 saturated carbocycles. The molecule has 0 aliphatic heterocycles. The Morgan fingerprint density at radius 3 is 2.71 bits per heavy atom. The highest BCUT2D eigenvalue weighted by Gasteiger charge is 2.16. The van der Waals surface area contributed by atoms with Gasteiger partial charge in [0.05, 0.1) is 11.0 Å². The summed E-state index contributed by atoms with van der Waals surface area (Å²) >= 11 is 0. The highest BCUT2D eigenvalue weighted by atomic mass is 16.3. The molecule has 1 heterocycles. The minimum absolute atomic E-state index is 0.526. The number of imidazole rings is 1. The lowest BCUT2D eigenvalue weighted by molar-refractivity contribution is 0.160. The van der Waals surface area contributed by atoms with Gasteiger partial charge in [-0.15, -0.1) is 0 Å². The Morgan fingerprint density at radius 2 is 1.95 bits per heavy atom. The SMILES string of the molecule is CC[C@@H](O)c1nc2ccccc2n1Cc1cccc(C)c1. The van der Waals surface area contributed by atoms with Gasteiger partial charge in [-0.25, -0.2) is 4.98 Å². The highest BCUT2D eigenvalue weighted by molar-refractivity contribution is 5.76. The summed E-state index contributed by atoms with van der Waals surface area (Å²) in [5.41, 5.74) is 4.48. The molecule has 1 atom stereocenters. The van der Waals surface area contributed by atoms with Crippen LogP contribution in [0.15, 0.2) is 48.5 Å². The second-order valence-electron chi connectivity index (χ2n) is 5.46. The second kappa shape index (κ2) is 5.70. The Balaban J connectivity index is 2.10.